The van der Waals surface area contributed by atoms with Crippen molar-refractivity contribution in [1.29, 1.82) is 0 Å². The van der Waals surface area contributed by atoms with Gasteiger partial charge in [-0.3, -0.25) is 4.98 Å². The van der Waals surface area contributed by atoms with Gasteiger partial charge in [-0.2, -0.15) is 18.4 Å². The molecule has 0 atom stereocenters. The van der Waals surface area contributed by atoms with Crippen LogP contribution in [-0.4, -0.2) is 24.8 Å². The Morgan fingerprint density at radius 2 is 1.72 bits per heavy atom. The summed E-state index contributed by atoms with van der Waals surface area (Å²) in [5.41, 5.74) is 1.93. The molecule has 2 aromatic carbocycles. The van der Waals surface area contributed by atoms with Crippen molar-refractivity contribution in [3.05, 3.63) is 89.3 Å². The van der Waals surface area contributed by atoms with Gasteiger partial charge < -0.3 is 0 Å². The summed E-state index contributed by atoms with van der Waals surface area (Å²) in [6.45, 7) is 0. The zero-order valence-electron chi connectivity index (χ0n) is 14.8. The van der Waals surface area contributed by atoms with Gasteiger partial charge >= 0.3 is 5.92 Å². The molecule has 3 aromatic heterocycles. The van der Waals surface area contributed by atoms with Gasteiger partial charge in [-0.25, -0.2) is 0 Å². The molecule has 0 aliphatic rings. The monoisotopic (exact) mass is 407 g/mol. The Kier molecular flexibility index (Phi) is 3.99. The number of aromatic nitrogens is 5. The maximum Gasteiger partial charge on any atom is 0.333 e. The first-order valence-electron chi connectivity index (χ1n) is 8.74. The molecule has 8 heteroatoms. The van der Waals surface area contributed by atoms with E-state index in [1.54, 1.807) is 60.8 Å². The third kappa shape index (κ3) is 3.00. The van der Waals surface area contributed by atoms with Crippen LogP contribution in [0.25, 0.3) is 27.8 Å². The van der Waals surface area contributed by atoms with Crippen LogP contribution >= 0.6 is 11.6 Å². The van der Waals surface area contributed by atoms with E-state index >= 15 is 8.78 Å². The van der Waals surface area contributed by atoms with Crippen LogP contribution in [0.5, 0.6) is 0 Å². The van der Waals surface area contributed by atoms with Crippen LogP contribution in [0.15, 0.2) is 72.9 Å². The lowest BCUT2D eigenvalue weighted by Crippen LogP contribution is -2.20. The Morgan fingerprint density at radius 1 is 0.897 bits per heavy atom. The molecule has 0 fully saturated rings. The molecular weight excluding hydrogens is 396 g/mol. The topological polar surface area (TPSA) is 56.0 Å². The van der Waals surface area contributed by atoms with Crippen molar-refractivity contribution in [2.75, 3.05) is 0 Å². The summed E-state index contributed by atoms with van der Waals surface area (Å²) in [5, 5.41) is 13.1. The standard InChI is InChI=1S/C21H12ClF2N5/c22-16-6-3-13(4-7-16)18-9-10-19-26-27-20(29(19)28-18)21(23,24)15-5-8-17-14(12-15)2-1-11-25-17/h1-12H. The Bertz CT molecular complexity index is 1350. The van der Waals surface area contributed by atoms with Gasteiger partial charge in [-0.15, -0.1) is 10.2 Å². The second kappa shape index (κ2) is 6.56. The number of pyridine rings is 1. The highest BCUT2D eigenvalue weighted by molar-refractivity contribution is 6.30. The number of rotatable bonds is 3. The fourth-order valence-corrected chi connectivity index (χ4v) is 3.29. The van der Waals surface area contributed by atoms with Crippen molar-refractivity contribution in [1.82, 2.24) is 24.8 Å². The van der Waals surface area contributed by atoms with Gasteiger partial charge in [0.25, 0.3) is 0 Å². The summed E-state index contributed by atoms with van der Waals surface area (Å²) in [5.74, 6) is -3.94. The Hall–Kier alpha value is -3.45. The third-order valence-electron chi connectivity index (χ3n) is 4.65. The predicted molar refractivity (Wildman–Crippen MR) is 106 cm³/mol. The van der Waals surface area contributed by atoms with Gasteiger partial charge in [0.2, 0.25) is 5.82 Å². The average Bonchev–Trinajstić information content (AvgIpc) is 3.18. The smallest absolute Gasteiger partial charge is 0.256 e. The molecule has 3 heterocycles. The van der Waals surface area contributed by atoms with E-state index in [9.17, 15) is 0 Å². The maximum atomic E-state index is 15.4. The summed E-state index contributed by atoms with van der Waals surface area (Å²) >= 11 is 5.92. The van der Waals surface area contributed by atoms with Crippen molar-refractivity contribution in [3.8, 4) is 11.3 Å². The molecule has 0 aliphatic heterocycles. The Balaban J connectivity index is 1.64. The molecule has 142 valence electrons. The highest BCUT2D eigenvalue weighted by Gasteiger charge is 2.40. The van der Waals surface area contributed by atoms with E-state index in [0.717, 1.165) is 10.1 Å². The van der Waals surface area contributed by atoms with Crippen LogP contribution < -0.4 is 0 Å². The van der Waals surface area contributed by atoms with Gasteiger partial charge in [0.15, 0.2) is 5.65 Å². The first-order chi connectivity index (χ1) is 14.0. The molecule has 0 unspecified atom stereocenters. The van der Waals surface area contributed by atoms with Crippen LogP contribution in [-0.2, 0) is 5.92 Å². The highest BCUT2D eigenvalue weighted by atomic mass is 35.5. The fraction of sp³-hybridized carbons (Fsp3) is 0.0476. The van der Waals surface area contributed by atoms with Crippen LogP contribution in [0.2, 0.25) is 5.02 Å². The Labute approximate surface area is 168 Å². The van der Waals surface area contributed by atoms with Crippen molar-refractivity contribution in [3.63, 3.8) is 0 Å². The van der Waals surface area contributed by atoms with Crippen LogP contribution in [0.4, 0.5) is 8.78 Å². The summed E-state index contributed by atoms with van der Waals surface area (Å²) in [6, 6.07) is 18.0. The number of benzene rings is 2. The fourth-order valence-electron chi connectivity index (χ4n) is 3.16. The quantitative estimate of drug-likeness (QED) is 0.416. The molecule has 5 aromatic rings. The average molecular weight is 408 g/mol. The van der Waals surface area contributed by atoms with E-state index in [1.807, 2.05) is 0 Å². The summed E-state index contributed by atoms with van der Waals surface area (Å²) in [6.07, 6.45) is 1.62. The van der Waals surface area contributed by atoms with Gasteiger partial charge in [-0.05, 0) is 42.5 Å². The maximum absolute atomic E-state index is 15.4. The molecule has 0 aliphatic carbocycles. The predicted octanol–water partition coefficient (Wildman–Crippen LogP) is 5.13. The minimum Gasteiger partial charge on any atom is -0.256 e. The van der Waals surface area contributed by atoms with Crippen LogP contribution in [0.1, 0.15) is 11.4 Å². The van der Waals surface area contributed by atoms with Gasteiger partial charge in [0.05, 0.1) is 11.2 Å². The lowest BCUT2D eigenvalue weighted by atomic mass is 10.0. The minimum atomic E-state index is -3.39. The lowest BCUT2D eigenvalue weighted by molar-refractivity contribution is 0.0307. The van der Waals surface area contributed by atoms with Gasteiger partial charge in [-0.1, -0.05) is 35.9 Å². The van der Waals surface area contributed by atoms with E-state index in [4.69, 9.17) is 11.6 Å². The molecule has 5 rings (SSSR count). The highest BCUT2D eigenvalue weighted by Crippen LogP contribution is 2.36. The number of hydrogen-bond donors (Lipinski definition) is 0. The number of hydrogen-bond acceptors (Lipinski definition) is 4. The van der Waals surface area contributed by atoms with Crippen molar-refractivity contribution in [2.24, 2.45) is 0 Å². The molecule has 0 spiro atoms. The van der Waals surface area contributed by atoms with Crippen LogP contribution in [0, 0.1) is 0 Å². The van der Waals surface area contributed by atoms with Crippen molar-refractivity contribution in [2.45, 2.75) is 5.92 Å². The molecule has 0 saturated heterocycles. The lowest BCUT2D eigenvalue weighted by Gasteiger charge is -2.15. The molecule has 5 nitrogen and oxygen atoms in total. The molecule has 0 saturated carbocycles. The molecule has 0 bridgehead atoms. The molecule has 0 radical (unpaired) electrons. The Morgan fingerprint density at radius 3 is 2.55 bits per heavy atom. The number of fused-ring (bicyclic) bond motifs is 2. The summed E-state index contributed by atoms with van der Waals surface area (Å²) in [7, 11) is 0. The first-order valence-corrected chi connectivity index (χ1v) is 9.12. The molecule has 0 amide bonds. The van der Waals surface area contributed by atoms with Crippen LogP contribution in [0.3, 0.4) is 0 Å². The molecule has 29 heavy (non-hydrogen) atoms. The van der Waals surface area contributed by atoms with E-state index < -0.39 is 11.7 Å². The van der Waals surface area contributed by atoms with Gasteiger partial charge in [0, 0.05) is 27.7 Å². The summed E-state index contributed by atoms with van der Waals surface area (Å²) in [4.78, 5) is 4.17. The second-order valence-corrected chi connectivity index (χ2v) is 6.94. The largest absolute Gasteiger partial charge is 0.333 e. The number of nitrogens with zero attached hydrogens (tertiary/aromatic N) is 5. The summed E-state index contributed by atoms with van der Waals surface area (Å²) < 4.78 is 31.8. The second-order valence-electron chi connectivity index (χ2n) is 6.50. The van der Waals surface area contributed by atoms with E-state index in [2.05, 4.69) is 20.3 Å². The van der Waals surface area contributed by atoms with E-state index in [0.29, 0.717) is 21.6 Å². The van der Waals surface area contributed by atoms with E-state index in [1.165, 1.54) is 12.1 Å². The zero-order chi connectivity index (χ0) is 20.0. The number of alkyl halides is 2. The molecular formula is C21H12ClF2N5. The number of halogens is 3. The minimum absolute atomic E-state index is 0.203. The molecule has 0 N–H and O–H groups in total. The third-order valence-corrected chi connectivity index (χ3v) is 4.90. The van der Waals surface area contributed by atoms with E-state index in [-0.39, 0.29) is 11.2 Å². The van der Waals surface area contributed by atoms with Crippen molar-refractivity contribution < 1.29 is 8.78 Å². The zero-order valence-corrected chi connectivity index (χ0v) is 15.6. The van der Waals surface area contributed by atoms with Crippen molar-refractivity contribution >= 4 is 28.2 Å². The van der Waals surface area contributed by atoms with Gasteiger partial charge in [0.1, 0.15) is 0 Å². The SMILES string of the molecule is FC(F)(c1ccc2ncccc2c1)c1nnc2ccc(-c3ccc(Cl)cc3)nn12. The normalized spacial score (nSPS) is 12.0. The first kappa shape index (κ1) is 17.6.